The number of nitrogens with zero attached hydrogens (tertiary/aromatic N) is 1. The summed E-state index contributed by atoms with van der Waals surface area (Å²) in [5.74, 6) is 0.495. The lowest BCUT2D eigenvalue weighted by atomic mass is 9.84. The molecular formula is C20H31FN4O. The van der Waals surface area contributed by atoms with E-state index in [-0.39, 0.29) is 17.1 Å². The van der Waals surface area contributed by atoms with Gasteiger partial charge in [-0.15, -0.1) is 0 Å². The minimum Gasteiger partial charge on any atom is -0.356 e. The molecule has 1 aliphatic rings. The number of nitrogens with one attached hydrogen (secondary N) is 3. The second-order valence-electron chi connectivity index (χ2n) is 7.55. The lowest BCUT2D eigenvalue weighted by Crippen LogP contribution is -2.44. The zero-order valence-electron chi connectivity index (χ0n) is 16.1. The van der Waals surface area contributed by atoms with Crippen molar-refractivity contribution in [2.75, 3.05) is 20.1 Å². The van der Waals surface area contributed by atoms with E-state index in [2.05, 4.69) is 34.8 Å². The van der Waals surface area contributed by atoms with Crippen LogP contribution < -0.4 is 16.0 Å². The summed E-state index contributed by atoms with van der Waals surface area (Å²) in [5, 5.41) is 9.50. The first-order valence-corrected chi connectivity index (χ1v) is 9.40. The SMILES string of the molecule is CN=C(NCCC(=O)NC1CCCC1)NCC(C)(C)c1cccc(F)c1. The minimum atomic E-state index is -0.250. The van der Waals surface area contributed by atoms with E-state index in [9.17, 15) is 9.18 Å². The van der Waals surface area contributed by atoms with Gasteiger partial charge in [-0.3, -0.25) is 9.79 Å². The van der Waals surface area contributed by atoms with E-state index in [1.54, 1.807) is 19.2 Å². The Labute approximate surface area is 155 Å². The van der Waals surface area contributed by atoms with Gasteiger partial charge in [-0.2, -0.15) is 0 Å². The smallest absolute Gasteiger partial charge is 0.221 e. The van der Waals surface area contributed by atoms with E-state index < -0.39 is 0 Å². The molecule has 6 heteroatoms. The van der Waals surface area contributed by atoms with Crippen molar-refractivity contribution in [3.8, 4) is 0 Å². The fraction of sp³-hybridized carbons (Fsp3) is 0.600. The minimum absolute atomic E-state index is 0.0833. The maximum absolute atomic E-state index is 13.5. The lowest BCUT2D eigenvalue weighted by Gasteiger charge is -2.27. The quantitative estimate of drug-likeness (QED) is 0.516. The van der Waals surface area contributed by atoms with E-state index in [0.717, 1.165) is 18.4 Å². The molecule has 5 nitrogen and oxygen atoms in total. The summed E-state index contributed by atoms with van der Waals surface area (Å²) in [5.41, 5.74) is 0.677. The Bertz CT molecular complexity index is 624. The highest BCUT2D eigenvalue weighted by atomic mass is 19.1. The van der Waals surface area contributed by atoms with Crippen molar-refractivity contribution < 1.29 is 9.18 Å². The first-order chi connectivity index (χ1) is 12.4. The predicted molar refractivity (Wildman–Crippen MR) is 104 cm³/mol. The van der Waals surface area contributed by atoms with Crippen molar-refractivity contribution in [2.45, 2.75) is 57.4 Å². The zero-order chi connectivity index (χ0) is 19.0. The summed E-state index contributed by atoms with van der Waals surface area (Å²) in [7, 11) is 1.70. The highest BCUT2D eigenvalue weighted by Crippen LogP contribution is 2.22. The number of amides is 1. The summed E-state index contributed by atoms with van der Waals surface area (Å²) in [6, 6.07) is 7.01. The van der Waals surface area contributed by atoms with Gasteiger partial charge in [0, 0.05) is 38.0 Å². The Morgan fingerprint density at radius 3 is 2.65 bits per heavy atom. The molecule has 0 unspecified atom stereocenters. The van der Waals surface area contributed by atoms with E-state index in [1.165, 1.54) is 18.9 Å². The summed E-state index contributed by atoms with van der Waals surface area (Å²) >= 11 is 0. The molecule has 1 amide bonds. The van der Waals surface area contributed by atoms with Crippen LogP contribution in [-0.4, -0.2) is 38.0 Å². The number of carbonyl (C=O) groups is 1. The number of halogens is 1. The van der Waals surface area contributed by atoms with Gasteiger partial charge in [-0.05, 0) is 30.5 Å². The zero-order valence-corrected chi connectivity index (χ0v) is 16.1. The maximum atomic E-state index is 13.5. The van der Waals surface area contributed by atoms with Gasteiger partial charge in [-0.1, -0.05) is 38.8 Å². The molecule has 144 valence electrons. The molecule has 0 heterocycles. The van der Waals surface area contributed by atoms with Gasteiger partial charge < -0.3 is 16.0 Å². The molecule has 1 fully saturated rings. The van der Waals surface area contributed by atoms with Gasteiger partial charge in [0.25, 0.3) is 0 Å². The van der Waals surface area contributed by atoms with Gasteiger partial charge in [0.15, 0.2) is 5.96 Å². The molecule has 0 bridgehead atoms. The second kappa shape index (κ2) is 9.55. The Morgan fingerprint density at radius 1 is 1.27 bits per heavy atom. The topological polar surface area (TPSA) is 65.5 Å². The van der Waals surface area contributed by atoms with E-state index in [4.69, 9.17) is 0 Å². The number of guanidine groups is 1. The molecule has 1 aromatic carbocycles. The van der Waals surface area contributed by atoms with Crippen molar-refractivity contribution in [2.24, 2.45) is 4.99 Å². The number of benzene rings is 1. The predicted octanol–water partition coefficient (Wildman–Crippen LogP) is 2.72. The summed E-state index contributed by atoms with van der Waals surface area (Å²) in [6.45, 7) is 5.23. The molecule has 0 aliphatic heterocycles. The average Bonchev–Trinajstić information content (AvgIpc) is 3.10. The fourth-order valence-electron chi connectivity index (χ4n) is 3.20. The third-order valence-electron chi connectivity index (χ3n) is 4.89. The van der Waals surface area contributed by atoms with Crippen LogP contribution in [0.5, 0.6) is 0 Å². The molecule has 0 spiro atoms. The molecule has 0 atom stereocenters. The number of carbonyl (C=O) groups excluding carboxylic acids is 1. The molecule has 3 N–H and O–H groups in total. The highest BCUT2D eigenvalue weighted by molar-refractivity contribution is 5.81. The van der Waals surface area contributed by atoms with Crippen molar-refractivity contribution in [3.05, 3.63) is 35.6 Å². The largest absolute Gasteiger partial charge is 0.356 e. The Morgan fingerprint density at radius 2 is 2.00 bits per heavy atom. The molecule has 0 radical (unpaired) electrons. The second-order valence-corrected chi connectivity index (χ2v) is 7.55. The third-order valence-corrected chi connectivity index (χ3v) is 4.89. The van der Waals surface area contributed by atoms with Crippen molar-refractivity contribution in [3.63, 3.8) is 0 Å². The van der Waals surface area contributed by atoms with E-state index in [0.29, 0.717) is 31.5 Å². The standard InChI is InChI=1S/C20H31FN4O/c1-20(2,15-7-6-8-16(21)13-15)14-24-19(22-3)23-12-11-18(26)25-17-9-4-5-10-17/h6-8,13,17H,4-5,9-12,14H2,1-3H3,(H,25,26)(H2,22,23,24). The van der Waals surface area contributed by atoms with Crippen LogP contribution in [0.4, 0.5) is 4.39 Å². The van der Waals surface area contributed by atoms with Crippen LogP contribution in [-0.2, 0) is 10.2 Å². The number of aliphatic imine (C=N–C) groups is 1. The maximum Gasteiger partial charge on any atom is 0.221 e. The van der Waals surface area contributed by atoms with Gasteiger partial charge >= 0.3 is 0 Å². The van der Waals surface area contributed by atoms with Crippen LogP contribution in [0.1, 0.15) is 51.5 Å². The van der Waals surface area contributed by atoms with Gasteiger partial charge in [-0.25, -0.2) is 4.39 Å². The molecular weight excluding hydrogens is 331 g/mol. The molecule has 1 saturated carbocycles. The Kier molecular flexibility index (Phi) is 7.42. The summed E-state index contributed by atoms with van der Waals surface area (Å²) < 4.78 is 13.5. The lowest BCUT2D eigenvalue weighted by molar-refractivity contribution is -0.121. The normalized spacial score (nSPS) is 15.8. The van der Waals surface area contributed by atoms with Crippen molar-refractivity contribution in [1.29, 1.82) is 0 Å². The number of hydrogen-bond donors (Lipinski definition) is 3. The van der Waals surface area contributed by atoms with Gasteiger partial charge in [0.2, 0.25) is 5.91 Å². The third kappa shape index (κ3) is 6.32. The Hall–Kier alpha value is -2.11. The molecule has 1 aromatic rings. The molecule has 2 rings (SSSR count). The van der Waals surface area contributed by atoms with Gasteiger partial charge in [0.05, 0.1) is 0 Å². The Balaban J connectivity index is 1.74. The van der Waals surface area contributed by atoms with Crippen LogP contribution >= 0.6 is 0 Å². The summed E-state index contributed by atoms with van der Waals surface area (Å²) in [6.07, 6.45) is 5.03. The van der Waals surface area contributed by atoms with Crippen LogP contribution in [0.2, 0.25) is 0 Å². The first-order valence-electron chi connectivity index (χ1n) is 9.40. The molecule has 0 saturated heterocycles. The fourth-order valence-corrected chi connectivity index (χ4v) is 3.20. The number of rotatable bonds is 7. The number of hydrogen-bond acceptors (Lipinski definition) is 2. The van der Waals surface area contributed by atoms with Crippen molar-refractivity contribution >= 4 is 11.9 Å². The van der Waals surface area contributed by atoms with E-state index in [1.807, 2.05) is 6.07 Å². The van der Waals surface area contributed by atoms with Crippen LogP contribution in [0.3, 0.4) is 0 Å². The summed E-state index contributed by atoms with van der Waals surface area (Å²) in [4.78, 5) is 16.1. The van der Waals surface area contributed by atoms with Gasteiger partial charge in [0.1, 0.15) is 5.82 Å². The van der Waals surface area contributed by atoms with E-state index >= 15 is 0 Å². The molecule has 0 aromatic heterocycles. The molecule has 26 heavy (non-hydrogen) atoms. The van der Waals surface area contributed by atoms with Crippen molar-refractivity contribution in [1.82, 2.24) is 16.0 Å². The molecule has 1 aliphatic carbocycles. The van der Waals surface area contributed by atoms with Crippen LogP contribution in [0, 0.1) is 5.82 Å². The first kappa shape index (κ1) is 20.2. The van der Waals surface area contributed by atoms with Crippen LogP contribution in [0.25, 0.3) is 0 Å². The average molecular weight is 362 g/mol. The highest BCUT2D eigenvalue weighted by Gasteiger charge is 2.21. The van der Waals surface area contributed by atoms with Crippen LogP contribution in [0.15, 0.2) is 29.3 Å². The monoisotopic (exact) mass is 362 g/mol.